The number of aliphatic hydroxyl groups is 1. The summed E-state index contributed by atoms with van der Waals surface area (Å²) in [6.07, 6.45) is 5.16. The summed E-state index contributed by atoms with van der Waals surface area (Å²) in [5, 5.41) is 10.2. The summed E-state index contributed by atoms with van der Waals surface area (Å²) in [4.78, 5) is 4.06. The van der Waals surface area contributed by atoms with Gasteiger partial charge >= 0.3 is 0 Å². The Morgan fingerprint density at radius 3 is 3.13 bits per heavy atom. The Bertz CT molecular complexity index is 321. The first-order valence-corrected chi connectivity index (χ1v) is 5.45. The molecular weight excluding hydrogens is 190 g/mol. The standard InChI is InChI=1S/C12H17NO2/c1-9-4-5-13-7-11(9)12(14)10-3-2-6-15-8-10/h4-5,7,10,12,14H,2-3,6,8H2,1H3. The molecule has 1 aromatic rings. The molecule has 82 valence electrons. The zero-order chi connectivity index (χ0) is 10.7. The third-order valence-corrected chi connectivity index (χ3v) is 3.04. The second-order valence-electron chi connectivity index (χ2n) is 4.15. The molecule has 2 unspecified atom stereocenters. The minimum Gasteiger partial charge on any atom is -0.388 e. The molecule has 0 radical (unpaired) electrons. The van der Waals surface area contributed by atoms with Crippen molar-refractivity contribution in [2.24, 2.45) is 5.92 Å². The lowest BCUT2D eigenvalue weighted by Gasteiger charge is -2.27. The van der Waals surface area contributed by atoms with Gasteiger partial charge in [-0.25, -0.2) is 0 Å². The van der Waals surface area contributed by atoms with Gasteiger partial charge in [-0.1, -0.05) is 0 Å². The maximum Gasteiger partial charge on any atom is 0.0857 e. The third-order valence-electron chi connectivity index (χ3n) is 3.04. The van der Waals surface area contributed by atoms with Gasteiger partial charge in [0.2, 0.25) is 0 Å². The van der Waals surface area contributed by atoms with Gasteiger partial charge in [0.1, 0.15) is 0 Å². The van der Waals surface area contributed by atoms with Gasteiger partial charge in [-0.3, -0.25) is 4.98 Å². The van der Waals surface area contributed by atoms with Crippen LogP contribution in [0.4, 0.5) is 0 Å². The van der Waals surface area contributed by atoms with Crippen LogP contribution in [0.2, 0.25) is 0 Å². The van der Waals surface area contributed by atoms with Crippen LogP contribution in [0.15, 0.2) is 18.5 Å². The summed E-state index contributed by atoms with van der Waals surface area (Å²) in [5.41, 5.74) is 2.04. The quantitative estimate of drug-likeness (QED) is 0.804. The number of aryl methyl sites for hydroxylation is 1. The van der Waals surface area contributed by atoms with Crippen LogP contribution in [-0.4, -0.2) is 23.3 Å². The average molecular weight is 207 g/mol. The number of hydrogen-bond acceptors (Lipinski definition) is 3. The summed E-state index contributed by atoms with van der Waals surface area (Å²) in [5.74, 6) is 0.224. The van der Waals surface area contributed by atoms with Crippen LogP contribution in [0.3, 0.4) is 0 Å². The van der Waals surface area contributed by atoms with Gasteiger partial charge < -0.3 is 9.84 Å². The fourth-order valence-electron chi connectivity index (χ4n) is 2.05. The van der Waals surface area contributed by atoms with Crippen molar-refractivity contribution in [3.8, 4) is 0 Å². The van der Waals surface area contributed by atoms with E-state index in [9.17, 15) is 5.11 Å². The molecule has 0 amide bonds. The van der Waals surface area contributed by atoms with E-state index in [-0.39, 0.29) is 5.92 Å². The van der Waals surface area contributed by atoms with E-state index in [0.29, 0.717) is 6.61 Å². The normalized spacial score (nSPS) is 23.7. The molecule has 3 nitrogen and oxygen atoms in total. The van der Waals surface area contributed by atoms with Crippen LogP contribution in [0.25, 0.3) is 0 Å². The van der Waals surface area contributed by atoms with Crippen molar-refractivity contribution in [2.45, 2.75) is 25.9 Å². The Balaban J connectivity index is 2.12. The van der Waals surface area contributed by atoms with Crippen molar-refractivity contribution in [2.75, 3.05) is 13.2 Å². The number of nitrogens with zero attached hydrogens (tertiary/aromatic N) is 1. The maximum atomic E-state index is 10.2. The molecule has 15 heavy (non-hydrogen) atoms. The molecule has 0 aliphatic carbocycles. The smallest absolute Gasteiger partial charge is 0.0857 e. The van der Waals surface area contributed by atoms with E-state index in [4.69, 9.17) is 4.74 Å². The Morgan fingerprint density at radius 2 is 2.47 bits per heavy atom. The molecule has 2 heterocycles. The highest BCUT2D eigenvalue weighted by Crippen LogP contribution is 2.29. The summed E-state index contributed by atoms with van der Waals surface area (Å²) >= 11 is 0. The SMILES string of the molecule is Cc1ccncc1C(O)C1CCCOC1. The largest absolute Gasteiger partial charge is 0.388 e. The van der Waals surface area contributed by atoms with Crippen LogP contribution in [0.5, 0.6) is 0 Å². The molecule has 1 aromatic heterocycles. The predicted octanol–water partition coefficient (Wildman–Crippen LogP) is 1.85. The molecular formula is C12H17NO2. The second-order valence-corrected chi connectivity index (χ2v) is 4.15. The summed E-state index contributed by atoms with van der Waals surface area (Å²) in [6, 6.07) is 1.93. The van der Waals surface area contributed by atoms with Gasteiger partial charge in [0.15, 0.2) is 0 Å². The molecule has 3 heteroatoms. The zero-order valence-electron chi connectivity index (χ0n) is 9.02. The second kappa shape index (κ2) is 4.73. The van der Waals surface area contributed by atoms with Crippen molar-refractivity contribution in [1.29, 1.82) is 0 Å². The van der Waals surface area contributed by atoms with Gasteiger partial charge in [-0.2, -0.15) is 0 Å². The number of aliphatic hydroxyl groups excluding tert-OH is 1. The number of hydrogen-bond donors (Lipinski definition) is 1. The van der Waals surface area contributed by atoms with Crippen LogP contribution < -0.4 is 0 Å². The fourth-order valence-corrected chi connectivity index (χ4v) is 2.05. The highest BCUT2D eigenvalue weighted by Gasteiger charge is 2.24. The molecule has 1 saturated heterocycles. The van der Waals surface area contributed by atoms with Gasteiger partial charge in [0, 0.05) is 30.5 Å². The fraction of sp³-hybridized carbons (Fsp3) is 0.583. The Hall–Kier alpha value is -0.930. The van der Waals surface area contributed by atoms with E-state index in [0.717, 1.165) is 30.6 Å². The van der Waals surface area contributed by atoms with Crippen LogP contribution in [0, 0.1) is 12.8 Å². The molecule has 0 spiro atoms. The van der Waals surface area contributed by atoms with Crippen molar-refractivity contribution >= 4 is 0 Å². The van der Waals surface area contributed by atoms with Gasteiger partial charge in [-0.15, -0.1) is 0 Å². The van der Waals surface area contributed by atoms with E-state index < -0.39 is 6.10 Å². The first-order valence-electron chi connectivity index (χ1n) is 5.45. The molecule has 2 rings (SSSR count). The van der Waals surface area contributed by atoms with Crippen LogP contribution in [0.1, 0.15) is 30.1 Å². The molecule has 1 aliphatic rings. The minimum absolute atomic E-state index is 0.224. The summed E-state index contributed by atoms with van der Waals surface area (Å²) in [7, 11) is 0. The number of aromatic nitrogens is 1. The van der Waals surface area contributed by atoms with Crippen molar-refractivity contribution in [1.82, 2.24) is 4.98 Å². The van der Waals surface area contributed by atoms with E-state index in [1.165, 1.54) is 0 Å². The molecule has 0 saturated carbocycles. The highest BCUT2D eigenvalue weighted by molar-refractivity contribution is 5.24. The van der Waals surface area contributed by atoms with E-state index in [1.54, 1.807) is 12.4 Å². The highest BCUT2D eigenvalue weighted by atomic mass is 16.5. The van der Waals surface area contributed by atoms with E-state index >= 15 is 0 Å². The molecule has 1 aliphatic heterocycles. The molecule has 1 fully saturated rings. The van der Waals surface area contributed by atoms with Crippen LogP contribution >= 0.6 is 0 Å². The Morgan fingerprint density at radius 1 is 1.60 bits per heavy atom. The molecule has 0 bridgehead atoms. The topological polar surface area (TPSA) is 42.4 Å². The minimum atomic E-state index is -0.431. The Labute approximate surface area is 90.1 Å². The first-order chi connectivity index (χ1) is 7.29. The monoisotopic (exact) mass is 207 g/mol. The van der Waals surface area contributed by atoms with Gasteiger partial charge in [-0.05, 0) is 31.4 Å². The van der Waals surface area contributed by atoms with E-state index in [2.05, 4.69) is 4.98 Å². The van der Waals surface area contributed by atoms with Crippen molar-refractivity contribution < 1.29 is 9.84 Å². The first kappa shape index (κ1) is 10.6. The maximum absolute atomic E-state index is 10.2. The van der Waals surface area contributed by atoms with Gasteiger partial charge in [0.25, 0.3) is 0 Å². The molecule has 2 atom stereocenters. The molecule has 0 aromatic carbocycles. The zero-order valence-corrected chi connectivity index (χ0v) is 9.02. The predicted molar refractivity (Wildman–Crippen MR) is 57.5 cm³/mol. The van der Waals surface area contributed by atoms with E-state index in [1.807, 2.05) is 13.0 Å². The van der Waals surface area contributed by atoms with Gasteiger partial charge in [0.05, 0.1) is 12.7 Å². The van der Waals surface area contributed by atoms with Crippen molar-refractivity contribution in [3.05, 3.63) is 29.6 Å². The lowest BCUT2D eigenvalue weighted by molar-refractivity contribution is -0.0103. The Kier molecular flexibility index (Phi) is 3.34. The lowest BCUT2D eigenvalue weighted by Crippen LogP contribution is -2.24. The molecule has 1 N–H and O–H groups in total. The van der Waals surface area contributed by atoms with Crippen LogP contribution in [-0.2, 0) is 4.74 Å². The van der Waals surface area contributed by atoms with Crippen molar-refractivity contribution in [3.63, 3.8) is 0 Å². The number of rotatable bonds is 2. The average Bonchev–Trinajstić information content (AvgIpc) is 2.30. The summed E-state index contributed by atoms with van der Waals surface area (Å²) < 4.78 is 5.38. The third kappa shape index (κ3) is 2.36. The number of pyridine rings is 1. The lowest BCUT2D eigenvalue weighted by atomic mass is 9.90. The summed E-state index contributed by atoms with van der Waals surface area (Å²) in [6.45, 7) is 3.49. The number of ether oxygens (including phenoxy) is 1.